The molecule has 0 radical (unpaired) electrons. The maximum atomic E-state index is 10.9. The van der Waals surface area contributed by atoms with E-state index in [1.54, 1.807) is 12.4 Å². The van der Waals surface area contributed by atoms with E-state index in [4.69, 9.17) is 4.74 Å². The smallest absolute Gasteiger partial charge is 0.189 e. The van der Waals surface area contributed by atoms with Gasteiger partial charge in [-0.15, -0.1) is 0 Å². The van der Waals surface area contributed by atoms with Crippen LogP contribution in [0.5, 0.6) is 5.75 Å². The van der Waals surface area contributed by atoms with Gasteiger partial charge in [0.2, 0.25) is 0 Å². The molecule has 29 heavy (non-hydrogen) atoms. The number of rotatable bonds is 8. The molecule has 4 rings (SSSR count). The second kappa shape index (κ2) is 8.40. The number of hydrogen-bond acceptors (Lipinski definition) is 7. The minimum atomic E-state index is 0.373. The van der Waals surface area contributed by atoms with Crippen LogP contribution >= 0.6 is 11.3 Å². The third-order valence-electron chi connectivity index (χ3n) is 4.31. The molecule has 0 fully saturated rings. The van der Waals surface area contributed by atoms with Crippen molar-refractivity contribution in [3.8, 4) is 5.75 Å². The van der Waals surface area contributed by atoms with Crippen LogP contribution in [0.2, 0.25) is 0 Å². The van der Waals surface area contributed by atoms with Crippen molar-refractivity contribution in [1.82, 2.24) is 20.2 Å². The highest BCUT2D eigenvalue weighted by Crippen LogP contribution is 2.33. The number of aromatic nitrogens is 4. The van der Waals surface area contributed by atoms with E-state index in [9.17, 15) is 4.79 Å². The van der Waals surface area contributed by atoms with Crippen molar-refractivity contribution in [2.45, 2.75) is 26.9 Å². The first kappa shape index (κ1) is 19.1. The molecule has 1 aromatic carbocycles. The maximum Gasteiger partial charge on any atom is 0.189 e. The van der Waals surface area contributed by atoms with Crippen LogP contribution in [0.15, 0.2) is 42.7 Å². The first-order chi connectivity index (χ1) is 14.1. The zero-order valence-electron chi connectivity index (χ0n) is 16.2. The number of thiazole rings is 1. The standard InChI is InChI=1S/C21H21N5O2S/c1-13(2)7-14-8-17-19(18(9-14)28-12-15-5-3-4-6-22-15)25-26-20(17)24-21-23-10-16(11-27)29-21/h3-6,8-11,13H,7,12H2,1-2H3,(H2,23,24,25,26). The highest BCUT2D eigenvalue weighted by molar-refractivity contribution is 7.17. The molecule has 2 N–H and O–H groups in total. The van der Waals surface area contributed by atoms with E-state index in [-0.39, 0.29) is 0 Å². The van der Waals surface area contributed by atoms with Gasteiger partial charge in [0, 0.05) is 11.6 Å². The van der Waals surface area contributed by atoms with E-state index >= 15 is 0 Å². The Morgan fingerprint density at radius 2 is 2.17 bits per heavy atom. The van der Waals surface area contributed by atoms with Crippen LogP contribution in [-0.4, -0.2) is 26.5 Å². The van der Waals surface area contributed by atoms with Gasteiger partial charge < -0.3 is 10.1 Å². The number of H-pyrrole nitrogens is 1. The van der Waals surface area contributed by atoms with Crippen molar-refractivity contribution in [2.24, 2.45) is 5.92 Å². The molecule has 0 bridgehead atoms. The topological polar surface area (TPSA) is 92.8 Å². The van der Waals surface area contributed by atoms with Crippen molar-refractivity contribution in [2.75, 3.05) is 5.32 Å². The van der Waals surface area contributed by atoms with Crippen LogP contribution in [0.4, 0.5) is 10.9 Å². The Morgan fingerprint density at radius 1 is 1.28 bits per heavy atom. The zero-order chi connectivity index (χ0) is 20.2. The lowest BCUT2D eigenvalue weighted by molar-refractivity contribution is 0.112. The van der Waals surface area contributed by atoms with E-state index in [0.717, 1.165) is 35.1 Å². The molecule has 0 aliphatic rings. The van der Waals surface area contributed by atoms with Gasteiger partial charge in [-0.2, -0.15) is 5.10 Å². The van der Waals surface area contributed by atoms with Gasteiger partial charge in [0.25, 0.3) is 0 Å². The third kappa shape index (κ3) is 4.43. The second-order valence-corrected chi connectivity index (χ2v) is 8.17. The number of nitrogens with zero attached hydrogens (tertiary/aromatic N) is 3. The van der Waals surface area contributed by atoms with E-state index in [1.165, 1.54) is 16.9 Å². The van der Waals surface area contributed by atoms with Crippen molar-refractivity contribution < 1.29 is 9.53 Å². The molecule has 7 nitrogen and oxygen atoms in total. The highest BCUT2D eigenvalue weighted by Gasteiger charge is 2.15. The van der Waals surface area contributed by atoms with Gasteiger partial charge >= 0.3 is 0 Å². The van der Waals surface area contributed by atoms with Crippen molar-refractivity contribution >= 4 is 39.5 Å². The number of fused-ring (bicyclic) bond motifs is 1. The minimum absolute atomic E-state index is 0.373. The lowest BCUT2D eigenvalue weighted by atomic mass is 10.0. The van der Waals surface area contributed by atoms with Gasteiger partial charge in [0.1, 0.15) is 17.9 Å². The molecule has 8 heteroatoms. The normalized spacial score (nSPS) is 11.1. The van der Waals surface area contributed by atoms with Crippen LogP contribution in [0.25, 0.3) is 10.9 Å². The summed E-state index contributed by atoms with van der Waals surface area (Å²) in [6, 6.07) is 9.93. The second-order valence-electron chi connectivity index (χ2n) is 7.11. The maximum absolute atomic E-state index is 10.9. The van der Waals surface area contributed by atoms with Gasteiger partial charge in [0.05, 0.1) is 16.8 Å². The third-order valence-corrected chi connectivity index (χ3v) is 5.15. The molecule has 0 aliphatic heterocycles. The lowest BCUT2D eigenvalue weighted by Crippen LogP contribution is -2.00. The molecule has 0 atom stereocenters. The number of benzene rings is 1. The number of aromatic amines is 1. The van der Waals surface area contributed by atoms with Gasteiger partial charge in [-0.25, -0.2) is 4.98 Å². The van der Waals surface area contributed by atoms with Crippen LogP contribution in [0, 0.1) is 5.92 Å². The van der Waals surface area contributed by atoms with E-state index < -0.39 is 0 Å². The fraction of sp³-hybridized carbons (Fsp3) is 0.238. The molecule has 0 spiro atoms. The molecule has 0 aliphatic carbocycles. The van der Waals surface area contributed by atoms with Crippen LogP contribution in [0.3, 0.4) is 0 Å². The fourth-order valence-corrected chi connectivity index (χ4v) is 3.71. The molecule has 3 aromatic heterocycles. The Balaban J connectivity index is 1.67. The summed E-state index contributed by atoms with van der Waals surface area (Å²) in [6.45, 7) is 4.74. The number of nitrogens with one attached hydrogen (secondary N) is 2. The molecule has 0 saturated heterocycles. The van der Waals surface area contributed by atoms with Crippen molar-refractivity contribution in [3.63, 3.8) is 0 Å². The minimum Gasteiger partial charge on any atom is -0.485 e. The molecular weight excluding hydrogens is 386 g/mol. The molecular formula is C21H21N5O2S. The number of carbonyl (C=O) groups excluding carboxylic acids is 1. The predicted molar refractivity (Wildman–Crippen MR) is 114 cm³/mol. The highest BCUT2D eigenvalue weighted by atomic mass is 32.1. The summed E-state index contributed by atoms with van der Waals surface area (Å²) >= 11 is 1.28. The summed E-state index contributed by atoms with van der Waals surface area (Å²) in [5, 5.41) is 12.2. The van der Waals surface area contributed by atoms with Crippen LogP contribution < -0.4 is 10.1 Å². The quantitative estimate of drug-likeness (QED) is 0.410. The Labute approximate surface area is 172 Å². The SMILES string of the molecule is CC(C)Cc1cc(OCc2ccccn2)c2[nH]nc(Nc3ncc(C=O)s3)c2c1. The number of pyridine rings is 1. The van der Waals surface area contributed by atoms with E-state index in [1.807, 2.05) is 18.2 Å². The molecule has 148 valence electrons. The largest absolute Gasteiger partial charge is 0.485 e. The Morgan fingerprint density at radius 3 is 2.90 bits per heavy atom. The van der Waals surface area contributed by atoms with Crippen LogP contribution in [0.1, 0.15) is 34.8 Å². The monoisotopic (exact) mass is 407 g/mol. The number of aldehydes is 1. The molecule has 3 heterocycles. The number of ether oxygens (including phenoxy) is 1. The Bertz CT molecular complexity index is 1120. The molecule has 0 amide bonds. The average Bonchev–Trinajstić information content (AvgIpc) is 3.34. The number of carbonyl (C=O) groups is 1. The van der Waals surface area contributed by atoms with E-state index in [0.29, 0.717) is 28.4 Å². The Hall–Kier alpha value is -3.26. The van der Waals surface area contributed by atoms with E-state index in [2.05, 4.69) is 51.5 Å². The summed E-state index contributed by atoms with van der Waals surface area (Å²) < 4.78 is 6.09. The first-order valence-electron chi connectivity index (χ1n) is 9.34. The summed E-state index contributed by atoms with van der Waals surface area (Å²) in [5.74, 6) is 1.89. The summed E-state index contributed by atoms with van der Waals surface area (Å²) in [7, 11) is 0. The molecule has 0 unspecified atom stereocenters. The van der Waals surface area contributed by atoms with Crippen LogP contribution in [-0.2, 0) is 13.0 Å². The van der Waals surface area contributed by atoms with Gasteiger partial charge in [-0.05, 0) is 42.2 Å². The molecule has 4 aromatic rings. The van der Waals surface area contributed by atoms with Gasteiger partial charge in [0.15, 0.2) is 17.2 Å². The average molecular weight is 407 g/mol. The summed E-state index contributed by atoms with van der Waals surface area (Å²) in [6.07, 6.45) is 5.01. The fourth-order valence-electron chi connectivity index (χ4n) is 3.08. The number of hydrogen-bond donors (Lipinski definition) is 2. The summed E-state index contributed by atoms with van der Waals surface area (Å²) in [4.78, 5) is 20.0. The molecule has 0 saturated carbocycles. The predicted octanol–water partition coefficient (Wildman–Crippen LogP) is 4.75. The Kier molecular flexibility index (Phi) is 5.53. The van der Waals surface area contributed by atoms with Gasteiger partial charge in [-0.1, -0.05) is 31.3 Å². The van der Waals surface area contributed by atoms with Crippen molar-refractivity contribution in [1.29, 1.82) is 0 Å². The zero-order valence-corrected chi connectivity index (χ0v) is 17.0. The number of anilines is 2. The van der Waals surface area contributed by atoms with Gasteiger partial charge in [-0.3, -0.25) is 14.9 Å². The van der Waals surface area contributed by atoms with Crippen molar-refractivity contribution in [3.05, 3.63) is 58.9 Å². The summed E-state index contributed by atoms with van der Waals surface area (Å²) in [5.41, 5.74) is 2.83. The lowest BCUT2D eigenvalue weighted by Gasteiger charge is -2.11. The first-order valence-corrected chi connectivity index (χ1v) is 10.2.